The van der Waals surface area contributed by atoms with Gasteiger partial charge in [-0.25, -0.2) is 19.8 Å². The minimum absolute atomic E-state index is 0.0386. The standard InChI is InChI=1S/C53H68N10O5/c1-29(2)40(54)23-37-22-35(12-7-10-31(37)5)49-56-26-41(59-49)32-16-18-43-38(20-32)24-45-39-17-15-33(25-46(39)68-52(63(43)45)36-13-8-11-34(21-36)48(55)58-28-64)42-27-57-50(60-42)44-14-9-19-62(44)51(65)47(30(3)4)61-53(66)67-6/h8,13,15-18,20-21,24-31,34-35,37,40,44,47,51-52,65H,7,9-12,14,19,22-23,54H2,1-6H3,(H,56,59)(H,57,60)(H,61,66)(H2,55,58,64). The van der Waals surface area contributed by atoms with Crippen molar-refractivity contribution in [3.63, 3.8) is 0 Å². The number of likely N-dealkylation sites (tertiary alicyclic amines) is 1. The molecule has 8 N–H and O–H groups in total. The molecule has 360 valence electrons. The zero-order valence-corrected chi connectivity index (χ0v) is 40.2. The Kier molecular flexibility index (Phi) is 13.8. The van der Waals surface area contributed by atoms with Crippen LogP contribution >= 0.6 is 0 Å². The predicted molar refractivity (Wildman–Crippen MR) is 265 cm³/mol. The molecule has 0 radical (unpaired) electrons. The summed E-state index contributed by atoms with van der Waals surface area (Å²) in [6, 6.07) is 14.5. The number of amidine groups is 1. The summed E-state index contributed by atoms with van der Waals surface area (Å²) in [7, 11) is 1.32. The number of imidazole rings is 2. The Bertz CT molecular complexity index is 2710. The number of aromatic amines is 2. The van der Waals surface area contributed by atoms with Gasteiger partial charge in [0.15, 0.2) is 0 Å². The van der Waals surface area contributed by atoms with Crippen LogP contribution in [0, 0.1) is 29.6 Å². The Morgan fingerprint density at radius 3 is 2.51 bits per heavy atom. The molecule has 15 nitrogen and oxygen atoms in total. The molecule has 68 heavy (non-hydrogen) atoms. The first-order chi connectivity index (χ1) is 32.8. The molecule has 3 aromatic heterocycles. The maximum Gasteiger partial charge on any atom is 0.407 e. The number of hydrogen-bond acceptors (Lipinski definition) is 9. The summed E-state index contributed by atoms with van der Waals surface area (Å²) >= 11 is 0. The van der Waals surface area contributed by atoms with Crippen LogP contribution in [0.5, 0.6) is 5.75 Å². The fourth-order valence-electron chi connectivity index (χ4n) is 11.1. The van der Waals surface area contributed by atoms with E-state index >= 15 is 0 Å². The molecular formula is C53H68N10O5. The lowest BCUT2D eigenvalue weighted by Gasteiger charge is -2.35. The highest BCUT2D eigenvalue weighted by atomic mass is 16.5. The second kappa shape index (κ2) is 19.9. The number of nitrogens with one attached hydrogen (secondary N) is 3. The number of aliphatic imine (C=N–C) groups is 1. The molecule has 2 aliphatic heterocycles. The summed E-state index contributed by atoms with van der Waals surface area (Å²) in [4.78, 5) is 46.6. The van der Waals surface area contributed by atoms with Gasteiger partial charge in [-0.05, 0) is 92.5 Å². The minimum atomic E-state index is -0.935. The van der Waals surface area contributed by atoms with Gasteiger partial charge in [0.1, 0.15) is 29.5 Å². The lowest BCUT2D eigenvalue weighted by atomic mass is 9.80. The number of allylic oxidation sites excluding steroid dienone is 1. The highest BCUT2D eigenvalue weighted by Crippen LogP contribution is 2.47. The molecule has 9 atom stereocenters. The maximum atomic E-state index is 12.2. The molecule has 0 bridgehead atoms. The van der Waals surface area contributed by atoms with E-state index in [1.165, 1.54) is 20.0 Å². The van der Waals surface area contributed by atoms with Crippen LogP contribution in [0.2, 0.25) is 0 Å². The topological polar surface area (TPSA) is 215 Å². The van der Waals surface area contributed by atoms with E-state index in [4.69, 9.17) is 30.9 Å². The van der Waals surface area contributed by atoms with E-state index in [9.17, 15) is 14.7 Å². The van der Waals surface area contributed by atoms with Crippen LogP contribution in [0.4, 0.5) is 4.79 Å². The van der Waals surface area contributed by atoms with Crippen LogP contribution in [-0.4, -0.2) is 84.8 Å². The average molecular weight is 925 g/mol. The van der Waals surface area contributed by atoms with Gasteiger partial charge >= 0.3 is 6.09 Å². The number of nitrogens with zero attached hydrogens (tertiary/aromatic N) is 5. The molecule has 1 saturated heterocycles. The van der Waals surface area contributed by atoms with Gasteiger partial charge in [0.25, 0.3) is 0 Å². The number of carbonyl (C=O) groups excluding carboxylic acids is 2. The molecule has 9 rings (SSSR count). The van der Waals surface area contributed by atoms with Gasteiger partial charge in [0.2, 0.25) is 12.6 Å². The van der Waals surface area contributed by atoms with Gasteiger partial charge < -0.3 is 45.9 Å². The molecule has 0 spiro atoms. The second-order valence-corrected chi connectivity index (χ2v) is 20.2. The number of hydrogen-bond donors (Lipinski definition) is 6. The molecule has 2 aliphatic carbocycles. The number of methoxy groups -OCH3 is 1. The fourth-order valence-corrected chi connectivity index (χ4v) is 11.1. The number of benzene rings is 2. The van der Waals surface area contributed by atoms with E-state index in [0.29, 0.717) is 48.8 Å². The van der Waals surface area contributed by atoms with E-state index in [1.807, 2.05) is 31.1 Å². The van der Waals surface area contributed by atoms with Gasteiger partial charge in [0, 0.05) is 52.1 Å². The van der Waals surface area contributed by atoms with Crippen molar-refractivity contribution in [1.29, 1.82) is 0 Å². The quantitative estimate of drug-likeness (QED) is 0.0269. The van der Waals surface area contributed by atoms with Crippen LogP contribution in [0.1, 0.15) is 116 Å². The SMILES string of the molecule is COC(=O)NC(C(C)C)C(O)N1CCCC1c1ncc(-c2ccc3c(c2)OC(C2=CC(C(N)=NC=O)CC=C2)n2c-3cc3cc(-c4cnc(C5CCCC(C)C(CC(N)C(C)C)C5)[nH]4)ccc32)[nH]1. The zero-order valence-electron chi connectivity index (χ0n) is 40.2. The van der Waals surface area contributed by atoms with Crippen molar-refractivity contribution >= 4 is 29.2 Å². The monoisotopic (exact) mass is 925 g/mol. The minimum Gasteiger partial charge on any atom is -0.465 e. The summed E-state index contributed by atoms with van der Waals surface area (Å²) in [5.74, 6) is 4.53. The van der Waals surface area contributed by atoms with E-state index < -0.39 is 24.6 Å². The molecular weight excluding hydrogens is 857 g/mol. The van der Waals surface area contributed by atoms with Crippen LogP contribution in [0.3, 0.4) is 0 Å². The normalized spacial score (nSPS) is 24.5. The third-order valence-electron chi connectivity index (χ3n) is 15.2. The summed E-state index contributed by atoms with van der Waals surface area (Å²) in [6.45, 7) is 11.4. The number of alkyl carbamates (subject to hydrolysis) is 1. The Morgan fingerprint density at radius 2 is 1.76 bits per heavy atom. The van der Waals surface area contributed by atoms with Crippen molar-refractivity contribution in [2.75, 3.05) is 13.7 Å². The smallest absolute Gasteiger partial charge is 0.407 e. The molecule has 2 aromatic carbocycles. The van der Waals surface area contributed by atoms with Gasteiger partial charge in [-0.2, -0.15) is 0 Å². The number of aliphatic hydroxyl groups excluding tert-OH is 1. The van der Waals surface area contributed by atoms with Crippen LogP contribution in [0.25, 0.3) is 44.7 Å². The van der Waals surface area contributed by atoms with Gasteiger partial charge in [0.05, 0.1) is 54.2 Å². The Labute approximate surface area is 398 Å². The van der Waals surface area contributed by atoms with Crippen molar-refractivity contribution in [2.24, 2.45) is 46.0 Å². The number of aliphatic hydroxyl groups is 1. The number of fused-ring (bicyclic) bond motifs is 5. The van der Waals surface area contributed by atoms with Crippen molar-refractivity contribution in [3.05, 3.63) is 90.3 Å². The number of rotatable bonds is 14. The molecule has 4 aliphatic rings. The Morgan fingerprint density at radius 1 is 1.01 bits per heavy atom. The summed E-state index contributed by atoms with van der Waals surface area (Å²) in [5, 5.41) is 15.5. The molecule has 9 unspecified atom stereocenters. The molecule has 2 amide bonds. The van der Waals surface area contributed by atoms with Crippen LogP contribution in [0.15, 0.2) is 83.7 Å². The van der Waals surface area contributed by atoms with E-state index in [1.54, 1.807) is 0 Å². The maximum absolute atomic E-state index is 12.2. The van der Waals surface area contributed by atoms with Gasteiger partial charge in [-0.1, -0.05) is 77.8 Å². The third-order valence-corrected chi connectivity index (χ3v) is 15.2. The van der Waals surface area contributed by atoms with Crippen LogP contribution < -0.4 is 21.5 Å². The fraction of sp³-hybridized carbons (Fsp3) is 0.491. The average Bonchev–Trinajstić information content (AvgIpc) is 4.17. The number of carbonyl (C=O) groups is 2. The molecule has 5 aromatic rings. The highest BCUT2D eigenvalue weighted by Gasteiger charge is 2.39. The van der Waals surface area contributed by atoms with Crippen molar-refractivity contribution in [3.8, 4) is 39.5 Å². The van der Waals surface area contributed by atoms with E-state index in [2.05, 4.69) is 106 Å². The Balaban J connectivity index is 1.03. The summed E-state index contributed by atoms with van der Waals surface area (Å²) < 4.78 is 14.2. The number of amides is 2. The third kappa shape index (κ3) is 9.40. The number of aromatic nitrogens is 5. The summed E-state index contributed by atoms with van der Waals surface area (Å²) in [6.07, 6.45) is 16.4. The predicted octanol–water partition coefficient (Wildman–Crippen LogP) is 9.11. The first-order valence-corrected chi connectivity index (χ1v) is 24.6. The first-order valence-electron chi connectivity index (χ1n) is 24.6. The molecule has 2 fully saturated rings. The molecule has 15 heteroatoms. The van der Waals surface area contributed by atoms with Crippen molar-refractivity contribution in [2.45, 2.75) is 122 Å². The van der Waals surface area contributed by atoms with Crippen molar-refractivity contribution < 1.29 is 24.2 Å². The lowest BCUT2D eigenvalue weighted by molar-refractivity contribution is -0.106. The summed E-state index contributed by atoms with van der Waals surface area (Å²) in [5.41, 5.74) is 20.6. The second-order valence-electron chi connectivity index (χ2n) is 20.2. The zero-order chi connectivity index (χ0) is 47.8. The Hall–Kier alpha value is -6.03. The van der Waals surface area contributed by atoms with Crippen LogP contribution in [-0.2, 0) is 9.53 Å². The van der Waals surface area contributed by atoms with Gasteiger partial charge in [-0.15, -0.1) is 0 Å². The first kappa shape index (κ1) is 47.1. The largest absolute Gasteiger partial charge is 0.465 e. The highest BCUT2D eigenvalue weighted by molar-refractivity contribution is 5.93. The number of H-pyrrole nitrogens is 2. The number of nitrogens with two attached hydrogens (primary N) is 2. The lowest BCUT2D eigenvalue weighted by Crippen LogP contribution is -2.54. The van der Waals surface area contributed by atoms with E-state index in [0.717, 1.165) is 94.0 Å². The van der Waals surface area contributed by atoms with Gasteiger partial charge in [-0.3, -0.25) is 9.69 Å². The molecule has 1 saturated carbocycles. The number of ether oxygens (including phenoxy) is 2. The van der Waals surface area contributed by atoms with Crippen molar-refractivity contribution in [1.82, 2.24) is 34.7 Å². The molecule has 5 heterocycles. The van der Waals surface area contributed by atoms with E-state index in [-0.39, 0.29) is 29.8 Å².